The molecule has 0 amide bonds. The van der Waals surface area contributed by atoms with Gasteiger partial charge in [-0.1, -0.05) is 34.1 Å². The minimum Gasteiger partial charge on any atom is -0.393 e. The van der Waals surface area contributed by atoms with Crippen molar-refractivity contribution < 1.29 is 5.11 Å². The van der Waals surface area contributed by atoms with Gasteiger partial charge in [-0.3, -0.25) is 0 Å². The predicted octanol–water partition coefficient (Wildman–Crippen LogP) is 3.08. The quantitative estimate of drug-likeness (QED) is 0.675. The zero-order valence-corrected chi connectivity index (χ0v) is 9.17. The summed E-state index contributed by atoms with van der Waals surface area (Å²) in [6.45, 7) is 10.8. The molecule has 0 bridgehead atoms. The first kappa shape index (κ1) is 12.0. The molecule has 0 saturated heterocycles. The van der Waals surface area contributed by atoms with E-state index in [1.807, 2.05) is 6.92 Å². The standard InChI is InChI=1S/C11H24O/c1-6-11(10(5)12)9(4)7-8(2)3/h8-12H,6-7H2,1-5H3. The minimum atomic E-state index is -0.149. The van der Waals surface area contributed by atoms with Gasteiger partial charge in [0.05, 0.1) is 6.10 Å². The van der Waals surface area contributed by atoms with Crippen LogP contribution in [0.5, 0.6) is 0 Å². The van der Waals surface area contributed by atoms with Gasteiger partial charge in [-0.15, -0.1) is 0 Å². The molecule has 0 aliphatic rings. The van der Waals surface area contributed by atoms with Crippen LogP contribution in [0.25, 0.3) is 0 Å². The first-order valence-electron chi connectivity index (χ1n) is 5.17. The lowest BCUT2D eigenvalue weighted by Gasteiger charge is -2.26. The van der Waals surface area contributed by atoms with Crippen LogP contribution in [0.15, 0.2) is 0 Å². The third kappa shape index (κ3) is 4.10. The molecule has 0 radical (unpaired) electrons. The number of aliphatic hydroxyl groups is 1. The third-order valence-corrected chi connectivity index (χ3v) is 2.67. The van der Waals surface area contributed by atoms with Crippen LogP contribution in [-0.4, -0.2) is 11.2 Å². The highest BCUT2D eigenvalue weighted by atomic mass is 16.3. The van der Waals surface area contributed by atoms with Crippen LogP contribution in [0.1, 0.15) is 47.5 Å². The van der Waals surface area contributed by atoms with E-state index in [0.717, 1.165) is 12.3 Å². The Hall–Kier alpha value is -0.0400. The Labute approximate surface area is 77.2 Å². The van der Waals surface area contributed by atoms with E-state index < -0.39 is 0 Å². The summed E-state index contributed by atoms with van der Waals surface area (Å²) in [6, 6.07) is 0. The summed E-state index contributed by atoms with van der Waals surface area (Å²) in [5, 5.41) is 9.50. The fourth-order valence-electron chi connectivity index (χ4n) is 2.14. The van der Waals surface area contributed by atoms with Crippen molar-refractivity contribution in [3.05, 3.63) is 0 Å². The summed E-state index contributed by atoms with van der Waals surface area (Å²) < 4.78 is 0. The minimum absolute atomic E-state index is 0.149. The van der Waals surface area contributed by atoms with E-state index in [2.05, 4.69) is 27.7 Å². The zero-order chi connectivity index (χ0) is 9.72. The largest absolute Gasteiger partial charge is 0.393 e. The smallest absolute Gasteiger partial charge is 0.0542 e. The van der Waals surface area contributed by atoms with E-state index in [9.17, 15) is 5.11 Å². The normalized spacial score (nSPS) is 19.2. The second-order valence-electron chi connectivity index (χ2n) is 4.42. The molecule has 74 valence electrons. The monoisotopic (exact) mass is 172 g/mol. The van der Waals surface area contributed by atoms with Crippen LogP contribution in [-0.2, 0) is 0 Å². The van der Waals surface area contributed by atoms with Crippen molar-refractivity contribution in [1.29, 1.82) is 0 Å². The summed E-state index contributed by atoms with van der Waals surface area (Å²) in [4.78, 5) is 0. The summed E-state index contributed by atoms with van der Waals surface area (Å²) in [5.41, 5.74) is 0. The summed E-state index contributed by atoms with van der Waals surface area (Å²) in [6.07, 6.45) is 2.17. The molecule has 1 N–H and O–H groups in total. The van der Waals surface area contributed by atoms with Crippen LogP contribution in [0, 0.1) is 17.8 Å². The molecule has 1 heteroatoms. The Kier molecular flexibility index (Phi) is 5.56. The molecule has 0 aromatic carbocycles. The van der Waals surface area contributed by atoms with E-state index in [1.165, 1.54) is 6.42 Å². The maximum Gasteiger partial charge on any atom is 0.0542 e. The van der Waals surface area contributed by atoms with Gasteiger partial charge >= 0.3 is 0 Å². The molecule has 1 nitrogen and oxygen atoms in total. The van der Waals surface area contributed by atoms with Gasteiger partial charge in [-0.25, -0.2) is 0 Å². The lowest BCUT2D eigenvalue weighted by molar-refractivity contribution is 0.0828. The first-order chi connectivity index (χ1) is 5.49. The predicted molar refractivity (Wildman–Crippen MR) is 54.1 cm³/mol. The molecule has 0 saturated carbocycles. The van der Waals surface area contributed by atoms with Crippen molar-refractivity contribution in [1.82, 2.24) is 0 Å². The van der Waals surface area contributed by atoms with Crippen LogP contribution >= 0.6 is 0 Å². The Morgan fingerprint density at radius 3 is 1.83 bits per heavy atom. The molecule has 0 fully saturated rings. The number of hydrogen-bond donors (Lipinski definition) is 1. The Morgan fingerprint density at radius 1 is 1.08 bits per heavy atom. The highest BCUT2D eigenvalue weighted by molar-refractivity contribution is 4.70. The van der Waals surface area contributed by atoms with Gasteiger partial charge in [-0.05, 0) is 31.1 Å². The van der Waals surface area contributed by atoms with Crippen molar-refractivity contribution in [2.75, 3.05) is 0 Å². The molecule has 0 heterocycles. The Morgan fingerprint density at radius 2 is 1.58 bits per heavy atom. The average Bonchev–Trinajstić information content (AvgIpc) is 1.85. The highest BCUT2D eigenvalue weighted by Crippen LogP contribution is 2.25. The zero-order valence-electron chi connectivity index (χ0n) is 9.17. The van der Waals surface area contributed by atoms with E-state index in [1.54, 1.807) is 0 Å². The molecule has 0 aliphatic carbocycles. The van der Waals surface area contributed by atoms with Crippen LogP contribution in [0.2, 0.25) is 0 Å². The van der Waals surface area contributed by atoms with E-state index in [0.29, 0.717) is 11.8 Å². The van der Waals surface area contributed by atoms with Gasteiger partial charge in [0.15, 0.2) is 0 Å². The maximum atomic E-state index is 9.50. The molecule has 0 spiro atoms. The molecule has 3 atom stereocenters. The molecule has 3 unspecified atom stereocenters. The molecule has 0 rings (SSSR count). The lowest BCUT2D eigenvalue weighted by Crippen LogP contribution is -2.24. The number of rotatable bonds is 5. The van der Waals surface area contributed by atoms with Crippen molar-refractivity contribution in [2.24, 2.45) is 17.8 Å². The lowest BCUT2D eigenvalue weighted by atomic mass is 9.82. The maximum absolute atomic E-state index is 9.50. The Bertz CT molecular complexity index is 108. The summed E-state index contributed by atoms with van der Waals surface area (Å²) in [5.74, 6) is 1.87. The van der Waals surface area contributed by atoms with Crippen LogP contribution < -0.4 is 0 Å². The SMILES string of the molecule is CCC(C(C)O)C(C)CC(C)C. The van der Waals surface area contributed by atoms with Crippen LogP contribution in [0.4, 0.5) is 0 Å². The van der Waals surface area contributed by atoms with Crippen molar-refractivity contribution in [2.45, 2.75) is 53.6 Å². The van der Waals surface area contributed by atoms with Gasteiger partial charge in [-0.2, -0.15) is 0 Å². The number of hydrogen-bond acceptors (Lipinski definition) is 1. The topological polar surface area (TPSA) is 20.2 Å². The average molecular weight is 172 g/mol. The number of aliphatic hydroxyl groups excluding tert-OH is 1. The molecule has 0 aromatic heterocycles. The second kappa shape index (κ2) is 5.58. The van der Waals surface area contributed by atoms with Gasteiger partial charge in [0.25, 0.3) is 0 Å². The Balaban J connectivity index is 3.94. The van der Waals surface area contributed by atoms with Gasteiger partial charge in [0.1, 0.15) is 0 Å². The molecule has 0 aliphatic heterocycles. The second-order valence-corrected chi connectivity index (χ2v) is 4.42. The van der Waals surface area contributed by atoms with Gasteiger partial charge < -0.3 is 5.11 Å². The summed E-state index contributed by atoms with van der Waals surface area (Å²) in [7, 11) is 0. The molecule has 12 heavy (non-hydrogen) atoms. The summed E-state index contributed by atoms with van der Waals surface area (Å²) >= 11 is 0. The van der Waals surface area contributed by atoms with Gasteiger partial charge in [0, 0.05) is 0 Å². The van der Waals surface area contributed by atoms with Gasteiger partial charge in [0.2, 0.25) is 0 Å². The fourth-order valence-corrected chi connectivity index (χ4v) is 2.14. The third-order valence-electron chi connectivity index (χ3n) is 2.67. The van der Waals surface area contributed by atoms with Crippen molar-refractivity contribution in [3.63, 3.8) is 0 Å². The van der Waals surface area contributed by atoms with E-state index >= 15 is 0 Å². The fraction of sp³-hybridized carbons (Fsp3) is 1.00. The highest BCUT2D eigenvalue weighted by Gasteiger charge is 2.20. The van der Waals surface area contributed by atoms with E-state index in [-0.39, 0.29) is 6.10 Å². The first-order valence-corrected chi connectivity index (χ1v) is 5.17. The van der Waals surface area contributed by atoms with Crippen molar-refractivity contribution in [3.8, 4) is 0 Å². The molecular formula is C11H24O. The molecule has 0 aromatic rings. The van der Waals surface area contributed by atoms with Crippen molar-refractivity contribution >= 4 is 0 Å². The van der Waals surface area contributed by atoms with Crippen LogP contribution in [0.3, 0.4) is 0 Å². The van der Waals surface area contributed by atoms with E-state index in [4.69, 9.17) is 0 Å². The molecular weight excluding hydrogens is 148 g/mol.